The molecular weight excluding hydrogens is 274 g/mol. The van der Waals surface area contributed by atoms with Crippen LogP contribution >= 0.6 is 0 Å². The van der Waals surface area contributed by atoms with Crippen LogP contribution in [-0.2, 0) is 10.2 Å². The number of likely N-dealkylation sites (tertiary alicyclic amines) is 2. The van der Waals surface area contributed by atoms with E-state index in [-0.39, 0.29) is 5.41 Å². The summed E-state index contributed by atoms with van der Waals surface area (Å²) in [5.41, 5.74) is 1.72. The van der Waals surface area contributed by atoms with Crippen molar-refractivity contribution in [2.24, 2.45) is 5.92 Å². The maximum atomic E-state index is 8.99. The van der Waals surface area contributed by atoms with Crippen LogP contribution in [0.1, 0.15) is 12.0 Å². The number of methoxy groups -OCH3 is 1. The molecule has 0 spiro atoms. The maximum absolute atomic E-state index is 8.99. The number of hydrogen-bond donors (Lipinski definition) is 0. The normalized spacial score (nSPS) is 29.2. The Labute approximate surface area is 133 Å². The molecule has 2 atom stereocenters. The van der Waals surface area contributed by atoms with Gasteiger partial charge in [-0.05, 0) is 17.9 Å². The van der Waals surface area contributed by atoms with E-state index in [9.17, 15) is 0 Å². The van der Waals surface area contributed by atoms with Crippen molar-refractivity contribution in [3.8, 4) is 6.07 Å². The van der Waals surface area contributed by atoms with E-state index in [0.29, 0.717) is 12.5 Å². The van der Waals surface area contributed by atoms with E-state index in [2.05, 4.69) is 46.2 Å². The predicted octanol–water partition coefficient (Wildman–Crippen LogP) is 1.73. The molecule has 3 rings (SSSR count). The van der Waals surface area contributed by atoms with Gasteiger partial charge in [-0.25, -0.2) is 0 Å². The van der Waals surface area contributed by atoms with Crippen molar-refractivity contribution < 1.29 is 4.74 Å². The fraction of sp³-hybridized carbons (Fsp3) is 0.611. The molecule has 4 nitrogen and oxygen atoms in total. The lowest BCUT2D eigenvalue weighted by atomic mass is 9.68. The Hall–Kier alpha value is -1.41. The topological polar surface area (TPSA) is 39.5 Å². The summed E-state index contributed by atoms with van der Waals surface area (Å²) in [6.07, 6.45) is 1.15. The van der Waals surface area contributed by atoms with Crippen molar-refractivity contribution >= 4 is 0 Å². The van der Waals surface area contributed by atoms with Gasteiger partial charge in [0.1, 0.15) is 0 Å². The van der Waals surface area contributed by atoms with E-state index in [1.807, 2.05) is 0 Å². The van der Waals surface area contributed by atoms with Crippen molar-refractivity contribution in [2.45, 2.75) is 11.8 Å². The van der Waals surface area contributed by atoms with E-state index in [1.54, 1.807) is 7.11 Å². The summed E-state index contributed by atoms with van der Waals surface area (Å²) in [6.45, 7) is 6.63. The molecule has 1 aromatic rings. The molecule has 0 radical (unpaired) electrons. The Kier molecular flexibility index (Phi) is 4.77. The van der Waals surface area contributed by atoms with Gasteiger partial charge in [-0.1, -0.05) is 30.3 Å². The lowest BCUT2D eigenvalue weighted by Gasteiger charge is -2.43. The van der Waals surface area contributed by atoms with Crippen LogP contribution in [0, 0.1) is 17.2 Å². The number of hydrogen-bond acceptors (Lipinski definition) is 4. The summed E-state index contributed by atoms with van der Waals surface area (Å²) in [5, 5.41) is 8.99. The van der Waals surface area contributed by atoms with Gasteiger partial charge >= 0.3 is 0 Å². The summed E-state index contributed by atoms with van der Waals surface area (Å²) in [4.78, 5) is 4.85. The average molecular weight is 299 g/mol. The highest BCUT2D eigenvalue weighted by molar-refractivity contribution is 5.30. The van der Waals surface area contributed by atoms with Gasteiger partial charge in [-0.3, -0.25) is 9.80 Å². The first-order valence-electron chi connectivity index (χ1n) is 8.14. The average Bonchev–Trinajstić information content (AvgIpc) is 2.93. The first-order chi connectivity index (χ1) is 10.8. The van der Waals surface area contributed by atoms with Crippen molar-refractivity contribution in [3.63, 3.8) is 0 Å². The zero-order chi connectivity index (χ0) is 15.4. The highest BCUT2D eigenvalue weighted by Crippen LogP contribution is 2.45. The van der Waals surface area contributed by atoms with Crippen LogP contribution in [0.5, 0.6) is 0 Å². The number of ether oxygens (including phenoxy) is 1. The van der Waals surface area contributed by atoms with Crippen molar-refractivity contribution in [1.82, 2.24) is 9.80 Å². The third-order valence-electron chi connectivity index (χ3n) is 5.37. The van der Waals surface area contributed by atoms with Crippen LogP contribution in [0.2, 0.25) is 0 Å². The van der Waals surface area contributed by atoms with E-state index in [4.69, 9.17) is 10.00 Å². The third kappa shape index (κ3) is 2.89. The summed E-state index contributed by atoms with van der Waals surface area (Å²) in [5.74, 6) is 0.605. The van der Waals surface area contributed by atoms with Crippen LogP contribution < -0.4 is 0 Å². The number of benzene rings is 1. The minimum atomic E-state index is 0.251. The molecular formula is C18H25N3O. The first kappa shape index (κ1) is 15.5. The minimum Gasteiger partial charge on any atom is -0.383 e. The Morgan fingerprint density at radius 2 is 2.05 bits per heavy atom. The Bertz CT molecular complexity index is 527. The van der Waals surface area contributed by atoms with Crippen LogP contribution in [0.15, 0.2) is 30.3 Å². The molecule has 22 heavy (non-hydrogen) atoms. The zero-order valence-corrected chi connectivity index (χ0v) is 13.4. The second kappa shape index (κ2) is 6.78. The van der Waals surface area contributed by atoms with Gasteiger partial charge < -0.3 is 4.74 Å². The molecule has 0 saturated carbocycles. The largest absolute Gasteiger partial charge is 0.383 e. The maximum Gasteiger partial charge on any atom is 0.0866 e. The summed E-state index contributed by atoms with van der Waals surface area (Å²) in [6, 6.07) is 13.3. The monoisotopic (exact) mass is 299 g/mol. The molecule has 0 bridgehead atoms. The first-order valence-corrected chi connectivity index (χ1v) is 8.14. The third-order valence-corrected chi connectivity index (χ3v) is 5.37. The molecule has 0 aromatic heterocycles. The lowest BCUT2D eigenvalue weighted by molar-refractivity contribution is 0.135. The van der Waals surface area contributed by atoms with Gasteiger partial charge in [0.2, 0.25) is 0 Å². The molecule has 0 aliphatic carbocycles. The minimum absolute atomic E-state index is 0.251. The molecule has 2 aliphatic heterocycles. The molecule has 0 unspecified atom stereocenters. The second-order valence-electron chi connectivity index (χ2n) is 6.59. The SMILES string of the molecule is COCCN1C[C@@H]2CN(CC#N)CC[C@@]2(c2ccccc2)C1. The van der Waals surface area contributed by atoms with Crippen LogP contribution in [0.3, 0.4) is 0 Å². The van der Waals surface area contributed by atoms with Gasteiger partial charge in [0.15, 0.2) is 0 Å². The smallest absolute Gasteiger partial charge is 0.0866 e. The van der Waals surface area contributed by atoms with Crippen molar-refractivity contribution in [2.75, 3.05) is 53.0 Å². The molecule has 2 heterocycles. The predicted molar refractivity (Wildman–Crippen MR) is 86.6 cm³/mol. The summed E-state index contributed by atoms with van der Waals surface area (Å²) >= 11 is 0. The van der Waals surface area contributed by atoms with E-state index >= 15 is 0 Å². The Morgan fingerprint density at radius 3 is 2.77 bits per heavy atom. The zero-order valence-electron chi connectivity index (χ0n) is 13.4. The fourth-order valence-electron chi connectivity index (χ4n) is 4.23. The number of nitrogens with zero attached hydrogens (tertiary/aromatic N) is 3. The number of piperidine rings is 1. The number of rotatable bonds is 5. The van der Waals surface area contributed by atoms with Crippen molar-refractivity contribution in [1.29, 1.82) is 5.26 Å². The van der Waals surface area contributed by atoms with Gasteiger partial charge in [-0.2, -0.15) is 5.26 Å². The number of nitriles is 1. The Morgan fingerprint density at radius 1 is 1.27 bits per heavy atom. The highest BCUT2D eigenvalue weighted by Gasteiger charge is 2.49. The van der Waals surface area contributed by atoms with Gasteiger partial charge in [0, 0.05) is 45.2 Å². The van der Waals surface area contributed by atoms with Crippen LogP contribution in [0.4, 0.5) is 0 Å². The second-order valence-corrected chi connectivity index (χ2v) is 6.59. The van der Waals surface area contributed by atoms with Gasteiger partial charge in [-0.15, -0.1) is 0 Å². The quantitative estimate of drug-likeness (QED) is 0.776. The summed E-state index contributed by atoms with van der Waals surface area (Å²) < 4.78 is 5.26. The van der Waals surface area contributed by atoms with E-state index in [1.165, 1.54) is 5.56 Å². The van der Waals surface area contributed by atoms with Crippen LogP contribution in [-0.4, -0.2) is 62.8 Å². The number of fused-ring (bicyclic) bond motifs is 1. The summed E-state index contributed by atoms with van der Waals surface area (Å²) in [7, 11) is 1.77. The molecule has 2 saturated heterocycles. The van der Waals surface area contributed by atoms with E-state index in [0.717, 1.165) is 45.8 Å². The van der Waals surface area contributed by atoms with Crippen LogP contribution in [0.25, 0.3) is 0 Å². The van der Waals surface area contributed by atoms with Crippen molar-refractivity contribution in [3.05, 3.63) is 35.9 Å². The molecule has 4 heteroatoms. The molecule has 2 aliphatic rings. The van der Waals surface area contributed by atoms with E-state index < -0.39 is 0 Å². The molecule has 2 fully saturated rings. The molecule has 1 aromatic carbocycles. The molecule has 118 valence electrons. The van der Waals surface area contributed by atoms with Gasteiger partial charge in [0.05, 0.1) is 19.2 Å². The molecule has 0 amide bonds. The molecule has 0 N–H and O–H groups in total. The van der Waals surface area contributed by atoms with Gasteiger partial charge in [0.25, 0.3) is 0 Å². The Balaban J connectivity index is 1.82. The lowest BCUT2D eigenvalue weighted by Crippen LogP contribution is -2.49. The highest BCUT2D eigenvalue weighted by atomic mass is 16.5. The fourth-order valence-corrected chi connectivity index (χ4v) is 4.23. The standard InChI is InChI=1S/C18H25N3O/c1-22-12-11-21-14-17-13-20(10-8-19)9-7-18(17,15-21)16-5-3-2-4-6-16/h2-6,17H,7,9-15H2,1H3/t17-,18-/m0/s1.